The molecule has 0 aromatic carbocycles. The lowest BCUT2D eigenvalue weighted by molar-refractivity contribution is 0.304. The minimum absolute atomic E-state index is 0.141. The number of aryl methyl sites for hydroxylation is 2. The molecule has 8 heteroatoms. The molecule has 0 aliphatic rings. The average molecular weight is 379 g/mol. The first-order chi connectivity index (χ1) is 13.5. The molecule has 4 aromatic rings. The van der Waals surface area contributed by atoms with Crippen molar-refractivity contribution in [1.82, 2.24) is 24.3 Å². The van der Waals surface area contributed by atoms with Crippen LogP contribution in [0.3, 0.4) is 0 Å². The van der Waals surface area contributed by atoms with Gasteiger partial charge in [-0.2, -0.15) is 5.10 Å². The Morgan fingerprint density at radius 2 is 2.00 bits per heavy atom. The second-order valence-electron chi connectivity index (χ2n) is 6.44. The Labute approximate surface area is 162 Å². The van der Waals surface area contributed by atoms with E-state index in [9.17, 15) is 5.11 Å². The molecule has 0 bridgehead atoms. The van der Waals surface area contributed by atoms with Gasteiger partial charge in [0.05, 0.1) is 42.2 Å². The topological polar surface area (TPSA) is 87.2 Å². The van der Waals surface area contributed by atoms with E-state index in [1.165, 1.54) is 0 Å². The zero-order valence-corrected chi connectivity index (χ0v) is 16.2. The summed E-state index contributed by atoms with van der Waals surface area (Å²) in [5, 5.41) is 15.6. The summed E-state index contributed by atoms with van der Waals surface area (Å²) in [7, 11) is 3.39. The Kier molecular flexibility index (Phi) is 4.38. The Bertz CT molecular complexity index is 1160. The van der Waals surface area contributed by atoms with Crippen molar-refractivity contribution in [2.75, 3.05) is 13.7 Å². The van der Waals surface area contributed by atoms with Crippen LogP contribution in [0.4, 0.5) is 0 Å². The van der Waals surface area contributed by atoms with Crippen LogP contribution in [-0.4, -0.2) is 43.1 Å². The summed E-state index contributed by atoms with van der Waals surface area (Å²) in [6.07, 6.45) is 7.03. The second kappa shape index (κ2) is 6.88. The quantitative estimate of drug-likeness (QED) is 0.573. The Hall–Kier alpha value is -3.55. The number of pyridine rings is 2. The summed E-state index contributed by atoms with van der Waals surface area (Å²) in [5.74, 6) is 1.14. The van der Waals surface area contributed by atoms with Crippen LogP contribution in [-0.2, 0) is 7.05 Å². The van der Waals surface area contributed by atoms with Gasteiger partial charge in [0, 0.05) is 31.2 Å². The van der Waals surface area contributed by atoms with E-state index in [0.717, 1.165) is 22.5 Å². The highest BCUT2D eigenvalue weighted by Crippen LogP contribution is 2.35. The first-order valence-electron chi connectivity index (χ1n) is 8.89. The second-order valence-corrected chi connectivity index (χ2v) is 6.44. The summed E-state index contributed by atoms with van der Waals surface area (Å²) in [5.41, 5.74) is 3.91. The molecule has 1 N–H and O–H groups in total. The molecule has 8 nitrogen and oxygen atoms in total. The van der Waals surface area contributed by atoms with Crippen molar-refractivity contribution in [3.63, 3.8) is 0 Å². The molecule has 0 unspecified atom stereocenters. The van der Waals surface area contributed by atoms with E-state index in [4.69, 9.17) is 14.5 Å². The molecular formula is C20H21N5O3. The van der Waals surface area contributed by atoms with E-state index < -0.39 is 0 Å². The standard InChI is InChI=1S/C20H21N5O3/c1-5-28-17-7-13(8-21-19(17)27-4)15-6-12(2)18-16(23-15)11-25(20(18)26)14-9-22-24(3)10-14/h6-11,26H,5H2,1-4H3. The van der Waals surface area contributed by atoms with Gasteiger partial charge < -0.3 is 14.6 Å². The largest absolute Gasteiger partial charge is 0.494 e. The van der Waals surface area contributed by atoms with Crippen LogP contribution in [0.5, 0.6) is 17.5 Å². The van der Waals surface area contributed by atoms with Crippen LogP contribution in [0.15, 0.2) is 36.9 Å². The van der Waals surface area contributed by atoms with Crippen molar-refractivity contribution < 1.29 is 14.6 Å². The van der Waals surface area contributed by atoms with Gasteiger partial charge in [0.15, 0.2) is 5.75 Å². The Morgan fingerprint density at radius 1 is 1.18 bits per heavy atom. The molecular weight excluding hydrogens is 358 g/mol. The summed E-state index contributed by atoms with van der Waals surface area (Å²) < 4.78 is 14.2. The molecule has 4 rings (SSSR count). The van der Waals surface area contributed by atoms with Crippen LogP contribution < -0.4 is 9.47 Å². The van der Waals surface area contributed by atoms with Crippen molar-refractivity contribution in [2.45, 2.75) is 13.8 Å². The van der Waals surface area contributed by atoms with Crippen molar-refractivity contribution in [3.05, 3.63) is 42.5 Å². The summed E-state index contributed by atoms with van der Waals surface area (Å²) >= 11 is 0. The lowest BCUT2D eigenvalue weighted by Gasteiger charge is -2.10. The summed E-state index contributed by atoms with van der Waals surface area (Å²) in [6.45, 7) is 4.36. The first kappa shape index (κ1) is 17.8. The monoisotopic (exact) mass is 379 g/mol. The molecule has 0 spiro atoms. The summed E-state index contributed by atoms with van der Waals surface area (Å²) in [6, 6.07) is 3.79. The number of ether oxygens (including phenoxy) is 2. The molecule has 4 aromatic heterocycles. The number of rotatable bonds is 5. The molecule has 0 aliphatic heterocycles. The fourth-order valence-electron chi connectivity index (χ4n) is 3.25. The number of nitrogens with zero attached hydrogens (tertiary/aromatic N) is 5. The molecule has 0 radical (unpaired) electrons. The van der Waals surface area contributed by atoms with E-state index in [1.54, 1.807) is 34.9 Å². The van der Waals surface area contributed by atoms with Gasteiger partial charge in [0.1, 0.15) is 0 Å². The number of hydrogen-bond donors (Lipinski definition) is 1. The Balaban J connectivity index is 1.85. The van der Waals surface area contributed by atoms with E-state index >= 15 is 0 Å². The zero-order valence-electron chi connectivity index (χ0n) is 16.2. The predicted molar refractivity (Wildman–Crippen MR) is 105 cm³/mol. The third-order valence-corrected chi connectivity index (χ3v) is 4.52. The molecule has 4 heterocycles. The van der Waals surface area contributed by atoms with Crippen LogP contribution in [0, 0.1) is 6.92 Å². The fourth-order valence-corrected chi connectivity index (χ4v) is 3.25. The minimum Gasteiger partial charge on any atom is -0.494 e. The lowest BCUT2D eigenvalue weighted by Crippen LogP contribution is -1.98. The van der Waals surface area contributed by atoms with Gasteiger partial charge in [-0.3, -0.25) is 9.25 Å². The molecule has 0 amide bonds. The Morgan fingerprint density at radius 3 is 2.68 bits per heavy atom. The smallest absolute Gasteiger partial charge is 0.256 e. The van der Waals surface area contributed by atoms with Gasteiger partial charge >= 0.3 is 0 Å². The highest BCUT2D eigenvalue weighted by Gasteiger charge is 2.17. The lowest BCUT2D eigenvalue weighted by atomic mass is 10.1. The normalized spacial score (nSPS) is 11.1. The number of hydrogen-bond acceptors (Lipinski definition) is 6. The van der Waals surface area contributed by atoms with E-state index in [2.05, 4.69) is 10.1 Å². The van der Waals surface area contributed by atoms with Crippen molar-refractivity contribution >= 4 is 10.9 Å². The van der Waals surface area contributed by atoms with Crippen LogP contribution in [0.25, 0.3) is 27.8 Å². The van der Waals surface area contributed by atoms with Gasteiger partial charge in [-0.15, -0.1) is 0 Å². The van der Waals surface area contributed by atoms with Gasteiger partial charge in [0.25, 0.3) is 5.88 Å². The molecule has 0 saturated heterocycles. The maximum Gasteiger partial charge on any atom is 0.256 e. The first-order valence-corrected chi connectivity index (χ1v) is 8.89. The summed E-state index contributed by atoms with van der Waals surface area (Å²) in [4.78, 5) is 9.05. The number of aromatic hydroxyl groups is 1. The average Bonchev–Trinajstić information content (AvgIpc) is 3.25. The van der Waals surface area contributed by atoms with Gasteiger partial charge in [-0.25, -0.2) is 9.97 Å². The fraction of sp³-hybridized carbons (Fsp3) is 0.250. The third-order valence-electron chi connectivity index (χ3n) is 4.52. The van der Waals surface area contributed by atoms with E-state index in [-0.39, 0.29) is 5.88 Å². The number of fused-ring (bicyclic) bond motifs is 1. The van der Waals surface area contributed by atoms with Gasteiger partial charge in [0.2, 0.25) is 5.88 Å². The van der Waals surface area contributed by atoms with Crippen molar-refractivity contribution in [3.8, 4) is 34.5 Å². The number of aromatic nitrogens is 5. The van der Waals surface area contributed by atoms with Gasteiger partial charge in [-0.1, -0.05) is 0 Å². The van der Waals surface area contributed by atoms with Gasteiger partial charge in [-0.05, 0) is 31.5 Å². The van der Waals surface area contributed by atoms with E-state index in [1.807, 2.05) is 39.2 Å². The van der Waals surface area contributed by atoms with Crippen LogP contribution in [0.2, 0.25) is 0 Å². The maximum absolute atomic E-state index is 10.7. The predicted octanol–water partition coefficient (Wildman–Crippen LogP) is 3.24. The molecule has 0 saturated carbocycles. The highest BCUT2D eigenvalue weighted by atomic mass is 16.5. The number of methoxy groups -OCH3 is 1. The molecule has 28 heavy (non-hydrogen) atoms. The molecule has 0 fully saturated rings. The van der Waals surface area contributed by atoms with Crippen molar-refractivity contribution in [2.24, 2.45) is 7.05 Å². The zero-order chi connectivity index (χ0) is 19.8. The minimum atomic E-state index is 0.141. The molecule has 0 aliphatic carbocycles. The highest BCUT2D eigenvalue weighted by molar-refractivity contribution is 5.90. The van der Waals surface area contributed by atoms with E-state index in [0.29, 0.717) is 29.1 Å². The van der Waals surface area contributed by atoms with Crippen LogP contribution in [0.1, 0.15) is 12.5 Å². The maximum atomic E-state index is 10.7. The molecule has 0 atom stereocenters. The van der Waals surface area contributed by atoms with Crippen LogP contribution >= 0.6 is 0 Å². The van der Waals surface area contributed by atoms with Crippen molar-refractivity contribution in [1.29, 1.82) is 0 Å². The third kappa shape index (κ3) is 2.92. The SMILES string of the molecule is CCOc1cc(-c2cc(C)c3c(O)n(-c4cnn(C)c4)cc3n2)cnc1OC. The molecule has 144 valence electrons.